The Morgan fingerprint density at radius 2 is 1.89 bits per heavy atom. The normalized spacial score (nSPS) is 14.8. The fourth-order valence-electron chi connectivity index (χ4n) is 3.04. The van der Waals surface area contributed by atoms with Crippen molar-refractivity contribution in [3.8, 4) is 5.69 Å². The molecule has 1 saturated heterocycles. The molecule has 1 aromatic carbocycles. The first-order valence-electron chi connectivity index (χ1n) is 9.54. The van der Waals surface area contributed by atoms with Crippen LogP contribution in [0.15, 0.2) is 34.8 Å². The molecule has 0 amide bonds. The minimum absolute atomic E-state index is 0.466. The predicted molar refractivity (Wildman–Crippen MR) is 115 cm³/mol. The summed E-state index contributed by atoms with van der Waals surface area (Å²) in [5.74, 6) is 2.14. The Labute approximate surface area is 174 Å². The maximum absolute atomic E-state index is 5.50. The number of benzene rings is 1. The average Bonchev–Trinajstić information content (AvgIpc) is 3.35. The van der Waals surface area contributed by atoms with Crippen LogP contribution in [0.3, 0.4) is 0 Å². The van der Waals surface area contributed by atoms with Gasteiger partial charge in [-0.3, -0.25) is 4.57 Å². The summed E-state index contributed by atoms with van der Waals surface area (Å²) in [5, 5.41) is 13.3. The van der Waals surface area contributed by atoms with E-state index in [0.29, 0.717) is 5.92 Å². The molecule has 2 aromatic heterocycles. The zero-order valence-corrected chi connectivity index (χ0v) is 18.1. The molecule has 1 fully saturated rings. The van der Waals surface area contributed by atoms with Gasteiger partial charge in [-0.2, -0.15) is 0 Å². The van der Waals surface area contributed by atoms with E-state index in [0.717, 1.165) is 54.5 Å². The molecule has 0 bridgehead atoms. The summed E-state index contributed by atoms with van der Waals surface area (Å²) in [6, 6.07) is 8.52. The standard InChI is InChI=1S/C20H25N5OS2/c1-14(2)18-21-16(12-27-18)13-28-20-23-22-19(24-8-10-26-11-9-24)25(20)17-6-4-15(3)5-7-17/h4-7,12,14H,8-11,13H2,1-3H3. The lowest BCUT2D eigenvalue weighted by Crippen LogP contribution is -2.37. The molecule has 28 heavy (non-hydrogen) atoms. The third-order valence-electron chi connectivity index (χ3n) is 4.61. The summed E-state index contributed by atoms with van der Waals surface area (Å²) in [6.45, 7) is 9.57. The molecule has 3 heterocycles. The summed E-state index contributed by atoms with van der Waals surface area (Å²) in [4.78, 5) is 7.00. The van der Waals surface area contributed by atoms with Crippen LogP contribution in [0.4, 0.5) is 5.95 Å². The van der Waals surface area contributed by atoms with Crippen LogP contribution in [-0.2, 0) is 10.5 Å². The van der Waals surface area contributed by atoms with Gasteiger partial charge in [0, 0.05) is 30.1 Å². The van der Waals surface area contributed by atoms with Crippen molar-refractivity contribution in [2.24, 2.45) is 0 Å². The Morgan fingerprint density at radius 1 is 1.14 bits per heavy atom. The lowest BCUT2D eigenvalue weighted by atomic mass is 10.2. The second kappa shape index (κ2) is 8.63. The van der Waals surface area contributed by atoms with Gasteiger partial charge in [-0.1, -0.05) is 43.3 Å². The molecular formula is C20H25N5OS2. The van der Waals surface area contributed by atoms with Gasteiger partial charge in [0.1, 0.15) is 0 Å². The van der Waals surface area contributed by atoms with Gasteiger partial charge < -0.3 is 9.64 Å². The molecule has 0 aliphatic carbocycles. The summed E-state index contributed by atoms with van der Waals surface area (Å²) in [5.41, 5.74) is 3.42. The van der Waals surface area contributed by atoms with Crippen LogP contribution in [0, 0.1) is 6.92 Å². The van der Waals surface area contributed by atoms with Crippen molar-refractivity contribution >= 4 is 29.0 Å². The van der Waals surface area contributed by atoms with E-state index in [4.69, 9.17) is 9.72 Å². The number of morpholine rings is 1. The van der Waals surface area contributed by atoms with Gasteiger partial charge in [0.25, 0.3) is 0 Å². The second-order valence-electron chi connectivity index (χ2n) is 7.17. The summed E-state index contributed by atoms with van der Waals surface area (Å²) < 4.78 is 7.66. The Kier molecular flexibility index (Phi) is 5.99. The van der Waals surface area contributed by atoms with Crippen LogP contribution < -0.4 is 4.90 Å². The topological polar surface area (TPSA) is 56.1 Å². The molecule has 148 valence electrons. The lowest BCUT2D eigenvalue weighted by Gasteiger charge is -2.27. The second-order valence-corrected chi connectivity index (χ2v) is 9.01. The van der Waals surface area contributed by atoms with Crippen LogP contribution >= 0.6 is 23.1 Å². The van der Waals surface area contributed by atoms with Gasteiger partial charge in [-0.05, 0) is 19.1 Å². The number of thioether (sulfide) groups is 1. The zero-order valence-electron chi connectivity index (χ0n) is 16.5. The van der Waals surface area contributed by atoms with E-state index in [9.17, 15) is 0 Å². The maximum Gasteiger partial charge on any atom is 0.232 e. The van der Waals surface area contributed by atoms with Crippen LogP contribution in [0.1, 0.15) is 36.0 Å². The fraction of sp³-hybridized carbons (Fsp3) is 0.450. The third kappa shape index (κ3) is 4.24. The van der Waals surface area contributed by atoms with Gasteiger partial charge in [0.05, 0.1) is 29.6 Å². The molecule has 0 saturated carbocycles. The molecule has 0 radical (unpaired) electrons. The molecule has 0 atom stereocenters. The number of hydrogen-bond donors (Lipinski definition) is 0. The highest BCUT2D eigenvalue weighted by Gasteiger charge is 2.22. The van der Waals surface area contributed by atoms with Gasteiger partial charge >= 0.3 is 0 Å². The Hall–Kier alpha value is -1.90. The van der Waals surface area contributed by atoms with Crippen molar-refractivity contribution in [2.75, 3.05) is 31.2 Å². The smallest absolute Gasteiger partial charge is 0.232 e. The van der Waals surface area contributed by atoms with Crippen LogP contribution in [-0.4, -0.2) is 46.1 Å². The van der Waals surface area contributed by atoms with Crippen molar-refractivity contribution in [2.45, 2.75) is 37.6 Å². The van der Waals surface area contributed by atoms with Gasteiger partial charge in [0.15, 0.2) is 5.16 Å². The average molecular weight is 416 g/mol. The largest absolute Gasteiger partial charge is 0.378 e. The number of aromatic nitrogens is 4. The van der Waals surface area contributed by atoms with E-state index >= 15 is 0 Å². The van der Waals surface area contributed by atoms with Crippen LogP contribution in [0.5, 0.6) is 0 Å². The molecule has 3 aromatic rings. The quantitative estimate of drug-likeness (QED) is 0.560. The van der Waals surface area contributed by atoms with E-state index in [1.807, 2.05) is 0 Å². The SMILES string of the molecule is Cc1ccc(-n2c(SCc3csc(C(C)C)n3)nnc2N2CCOCC2)cc1. The zero-order chi connectivity index (χ0) is 19.5. The Bertz CT molecular complexity index is 913. The first-order valence-corrected chi connectivity index (χ1v) is 11.4. The van der Waals surface area contributed by atoms with Gasteiger partial charge in [-0.25, -0.2) is 4.98 Å². The lowest BCUT2D eigenvalue weighted by molar-refractivity contribution is 0.122. The third-order valence-corrected chi connectivity index (χ3v) is 6.77. The predicted octanol–water partition coefficient (Wildman–Crippen LogP) is 4.28. The number of ether oxygens (including phenoxy) is 1. The van der Waals surface area contributed by atoms with Gasteiger partial charge in [-0.15, -0.1) is 21.5 Å². The highest BCUT2D eigenvalue weighted by molar-refractivity contribution is 7.98. The van der Waals surface area contributed by atoms with Crippen molar-refractivity contribution in [3.63, 3.8) is 0 Å². The molecule has 4 rings (SSSR count). The van der Waals surface area contributed by atoms with E-state index < -0.39 is 0 Å². The molecule has 6 nitrogen and oxygen atoms in total. The molecule has 1 aliphatic heterocycles. The Balaban J connectivity index is 1.62. The molecular weight excluding hydrogens is 390 g/mol. The number of anilines is 1. The summed E-state index contributed by atoms with van der Waals surface area (Å²) >= 11 is 3.42. The van der Waals surface area contributed by atoms with Crippen molar-refractivity contribution in [1.29, 1.82) is 0 Å². The van der Waals surface area contributed by atoms with Crippen LogP contribution in [0.2, 0.25) is 0 Å². The van der Waals surface area contributed by atoms with Crippen molar-refractivity contribution in [3.05, 3.63) is 45.9 Å². The minimum atomic E-state index is 0.466. The molecule has 1 aliphatic rings. The minimum Gasteiger partial charge on any atom is -0.378 e. The number of aryl methyl sites for hydroxylation is 1. The van der Waals surface area contributed by atoms with E-state index in [1.165, 1.54) is 10.6 Å². The van der Waals surface area contributed by atoms with E-state index in [1.54, 1.807) is 23.1 Å². The maximum atomic E-state index is 5.50. The van der Waals surface area contributed by atoms with Crippen LogP contribution in [0.25, 0.3) is 5.69 Å². The molecule has 8 heteroatoms. The molecule has 0 unspecified atom stereocenters. The molecule has 0 N–H and O–H groups in total. The fourth-order valence-corrected chi connectivity index (χ4v) is 4.82. The highest BCUT2D eigenvalue weighted by Crippen LogP contribution is 2.30. The number of thiazole rings is 1. The van der Waals surface area contributed by atoms with E-state index in [-0.39, 0.29) is 0 Å². The highest BCUT2D eigenvalue weighted by atomic mass is 32.2. The number of nitrogens with zero attached hydrogens (tertiary/aromatic N) is 5. The number of hydrogen-bond acceptors (Lipinski definition) is 7. The first kappa shape index (κ1) is 19.4. The monoisotopic (exact) mass is 415 g/mol. The van der Waals surface area contributed by atoms with Gasteiger partial charge in [0.2, 0.25) is 5.95 Å². The van der Waals surface area contributed by atoms with E-state index in [2.05, 4.69) is 70.1 Å². The summed E-state index contributed by atoms with van der Waals surface area (Å²) in [6.07, 6.45) is 0. The number of rotatable bonds is 6. The Morgan fingerprint density at radius 3 is 2.57 bits per heavy atom. The van der Waals surface area contributed by atoms with Crippen molar-refractivity contribution in [1.82, 2.24) is 19.7 Å². The van der Waals surface area contributed by atoms with Crippen molar-refractivity contribution < 1.29 is 4.74 Å². The molecule has 0 spiro atoms. The summed E-state index contributed by atoms with van der Waals surface area (Å²) in [7, 11) is 0. The first-order chi connectivity index (χ1) is 13.6.